The fourth-order valence-corrected chi connectivity index (χ4v) is 2.94. The number of halogens is 7. The second-order valence-electron chi connectivity index (χ2n) is 6.47. The Balaban J connectivity index is 0.00000420. The van der Waals surface area contributed by atoms with Crippen LogP contribution >= 0.6 is 24.0 Å². The van der Waals surface area contributed by atoms with Gasteiger partial charge in [-0.2, -0.15) is 26.3 Å². The van der Waals surface area contributed by atoms with Crippen molar-refractivity contribution in [3.05, 3.63) is 35.4 Å². The largest absolute Gasteiger partial charge is 0.416 e. The van der Waals surface area contributed by atoms with Crippen LogP contribution in [-0.4, -0.2) is 50.3 Å². The standard InChI is InChI=1S/C18H23F6N3O.HI/c1-25-16(26-8-3-2-7-17(19,20)21)27-9-10-28-15(12-27)13-5-4-6-14(11-13)18(22,23)24;/h4-6,11,15H,2-3,7-10,12H2,1H3,(H,25,26);1H. The fraction of sp³-hybridized carbons (Fsp3) is 0.611. The molecular weight excluding hydrogens is 515 g/mol. The van der Waals surface area contributed by atoms with Crippen LogP contribution in [0.4, 0.5) is 26.3 Å². The van der Waals surface area contributed by atoms with Gasteiger partial charge in [0.05, 0.1) is 18.7 Å². The normalized spacial score (nSPS) is 18.4. The Morgan fingerprint density at radius 2 is 1.93 bits per heavy atom. The van der Waals surface area contributed by atoms with E-state index in [-0.39, 0.29) is 30.4 Å². The molecule has 1 N–H and O–H groups in total. The summed E-state index contributed by atoms with van der Waals surface area (Å²) in [5.41, 5.74) is -0.321. The Bertz CT molecular complexity index is 666. The topological polar surface area (TPSA) is 36.9 Å². The zero-order valence-electron chi connectivity index (χ0n) is 15.8. The van der Waals surface area contributed by atoms with E-state index < -0.39 is 30.4 Å². The Morgan fingerprint density at radius 1 is 1.21 bits per heavy atom. The molecule has 1 aliphatic heterocycles. The molecule has 0 aliphatic carbocycles. The lowest BCUT2D eigenvalue weighted by Crippen LogP contribution is -2.48. The van der Waals surface area contributed by atoms with Gasteiger partial charge in [0, 0.05) is 26.6 Å². The lowest BCUT2D eigenvalue weighted by Gasteiger charge is -2.35. The third-order valence-electron chi connectivity index (χ3n) is 4.33. The van der Waals surface area contributed by atoms with Crippen molar-refractivity contribution in [2.24, 2.45) is 4.99 Å². The molecule has 1 unspecified atom stereocenters. The van der Waals surface area contributed by atoms with Crippen LogP contribution in [0.3, 0.4) is 0 Å². The molecule has 1 aliphatic rings. The van der Waals surface area contributed by atoms with Crippen molar-refractivity contribution >= 4 is 29.9 Å². The number of guanidine groups is 1. The van der Waals surface area contributed by atoms with Crippen LogP contribution in [0.5, 0.6) is 0 Å². The van der Waals surface area contributed by atoms with E-state index >= 15 is 0 Å². The summed E-state index contributed by atoms with van der Waals surface area (Å²) in [5.74, 6) is 0.493. The first kappa shape index (κ1) is 25.8. The van der Waals surface area contributed by atoms with Crippen molar-refractivity contribution in [1.29, 1.82) is 0 Å². The van der Waals surface area contributed by atoms with Crippen molar-refractivity contribution in [3.63, 3.8) is 0 Å². The summed E-state index contributed by atoms with van der Waals surface area (Å²) < 4.78 is 80.9. The van der Waals surface area contributed by atoms with Crippen LogP contribution in [0.15, 0.2) is 29.3 Å². The lowest BCUT2D eigenvalue weighted by molar-refractivity contribution is -0.138. The number of alkyl halides is 6. The second-order valence-corrected chi connectivity index (χ2v) is 6.47. The number of unbranched alkanes of at least 4 members (excludes halogenated alkanes) is 1. The van der Waals surface area contributed by atoms with E-state index in [2.05, 4.69) is 10.3 Å². The van der Waals surface area contributed by atoms with Crippen molar-refractivity contribution in [2.75, 3.05) is 33.3 Å². The summed E-state index contributed by atoms with van der Waals surface area (Å²) in [5, 5.41) is 3.01. The molecule has 4 nitrogen and oxygen atoms in total. The van der Waals surface area contributed by atoms with E-state index in [1.165, 1.54) is 6.07 Å². The number of ether oxygens (including phenoxy) is 1. The number of nitrogens with one attached hydrogen (secondary N) is 1. The van der Waals surface area contributed by atoms with Crippen LogP contribution in [0.2, 0.25) is 0 Å². The minimum absolute atomic E-state index is 0. The maximum atomic E-state index is 12.9. The molecule has 29 heavy (non-hydrogen) atoms. The molecule has 0 spiro atoms. The van der Waals surface area contributed by atoms with Crippen LogP contribution in [0.1, 0.15) is 36.5 Å². The quantitative estimate of drug-likeness (QED) is 0.188. The average Bonchev–Trinajstić information content (AvgIpc) is 2.63. The van der Waals surface area contributed by atoms with E-state index in [1.54, 1.807) is 13.1 Å². The highest BCUT2D eigenvalue weighted by atomic mass is 127. The van der Waals surface area contributed by atoms with Crippen molar-refractivity contribution in [1.82, 2.24) is 10.2 Å². The van der Waals surface area contributed by atoms with Gasteiger partial charge in [0.2, 0.25) is 0 Å². The number of rotatable bonds is 5. The number of aliphatic imine (C=N–C) groups is 1. The minimum Gasteiger partial charge on any atom is -0.370 e. The van der Waals surface area contributed by atoms with Gasteiger partial charge in [-0.25, -0.2) is 0 Å². The number of nitrogens with zero attached hydrogens (tertiary/aromatic N) is 2. The average molecular weight is 539 g/mol. The molecule has 1 saturated heterocycles. The van der Waals surface area contributed by atoms with Crippen molar-refractivity contribution in [2.45, 2.75) is 37.7 Å². The lowest BCUT2D eigenvalue weighted by atomic mass is 10.0. The van der Waals surface area contributed by atoms with Gasteiger partial charge in [-0.15, -0.1) is 24.0 Å². The highest BCUT2D eigenvalue weighted by Gasteiger charge is 2.32. The molecule has 1 aromatic carbocycles. The second kappa shape index (κ2) is 11.2. The third kappa shape index (κ3) is 8.57. The van der Waals surface area contributed by atoms with E-state index in [4.69, 9.17) is 4.74 Å². The molecule has 0 amide bonds. The molecule has 0 saturated carbocycles. The molecule has 1 heterocycles. The molecule has 2 rings (SSSR count). The summed E-state index contributed by atoms with van der Waals surface area (Å²) >= 11 is 0. The summed E-state index contributed by atoms with van der Waals surface area (Å²) in [6.07, 6.45) is -9.63. The van der Waals surface area contributed by atoms with Gasteiger partial charge in [-0.3, -0.25) is 4.99 Å². The molecule has 1 fully saturated rings. The van der Waals surface area contributed by atoms with Crippen molar-refractivity contribution in [3.8, 4) is 0 Å². The van der Waals surface area contributed by atoms with E-state index in [9.17, 15) is 26.3 Å². The number of hydrogen-bond acceptors (Lipinski definition) is 2. The monoisotopic (exact) mass is 539 g/mol. The molecule has 0 bridgehead atoms. The van der Waals surface area contributed by atoms with Crippen LogP contribution in [-0.2, 0) is 10.9 Å². The van der Waals surface area contributed by atoms with Gasteiger partial charge < -0.3 is 15.0 Å². The first-order valence-corrected chi connectivity index (χ1v) is 8.91. The van der Waals surface area contributed by atoms with Crippen LogP contribution in [0, 0.1) is 0 Å². The first-order valence-electron chi connectivity index (χ1n) is 8.91. The maximum absolute atomic E-state index is 12.9. The van der Waals surface area contributed by atoms with E-state index in [0.717, 1.165) is 12.1 Å². The van der Waals surface area contributed by atoms with Crippen molar-refractivity contribution < 1.29 is 31.1 Å². The first-order chi connectivity index (χ1) is 13.1. The van der Waals surface area contributed by atoms with Gasteiger partial charge in [0.1, 0.15) is 6.10 Å². The molecular formula is C18H24F6IN3O. The maximum Gasteiger partial charge on any atom is 0.416 e. The zero-order valence-corrected chi connectivity index (χ0v) is 18.1. The van der Waals surface area contributed by atoms with Gasteiger partial charge in [0.25, 0.3) is 0 Å². The minimum atomic E-state index is -4.43. The molecule has 0 radical (unpaired) electrons. The number of morpholine rings is 1. The number of benzene rings is 1. The fourth-order valence-electron chi connectivity index (χ4n) is 2.94. The Kier molecular flexibility index (Phi) is 9.99. The highest BCUT2D eigenvalue weighted by molar-refractivity contribution is 14.0. The Labute approximate surface area is 182 Å². The highest BCUT2D eigenvalue weighted by Crippen LogP contribution is 2.32. The molecule has 11 heteroatoms. The summed E-state index contributed by atoms with van der Waals surface area (Å²) in [6.45, 7) is 1.41. The van der Waals surface area contributed by atoms with E-state index in [0.29, 0.717) is 44.2 Å². The predicted molar refractivity (Wildman–Crippen MR) is 108 cm³/mol. The zero-order chi connectivity index (χ0) is 20.8. The SMILES string of the molecule is CN=C(NCCCCC(F)(F)F)N1CCOC(c2cccc(C(F)(F)F)c2)C1.I. The summed E-state index contributed by atoms with van der Waals surface area (Å²) in [7, 11) is 1.55. The molecule has 0 aromatic heterocycles. The molecule has 1 aromatic rings. The Hall–Kier alpha value is -1.24. The number of hydrogen-bond donors (Lipinski definition) is 1. The van der Waals surface area contributed by atoms with Crippen LogP contribution < -0.4 is 5.32 Å². The van der Waals surface area contributed by atoms with Crippen LogP contribution in [0.25, 0.3) is 0 Å². The third-order valence-corrected chi connectivity index (χ3v) is 4.33. The smallest absolute Gasteiger partial charge is 0.370 e. The van der Waals surface area contributed by atoms with E-state index in [1.807, 2.05) is 4.90 Å². The Morgan fingerprint density at radius 3 is 2.55 bits per heavy atom. The molecule has 166 valence electrons. The summed E-state index contributed by atoms with van der Waals surface area (Å²) in [6, 6.07) is 5.00. The summed E-state index contributed by atoms with van der Waals surface area (Å²) in [4.78, 5) is 5.95. The van der Waals surface area contributed by atoms with Gasteiger partial charge >= 0.3 is 12.4 Å². The predicted octanol–water partition coefficient (Wildman–Crippen LogP) is 5.00. The van der Waals surface area contributed by atoms with Gasteiger partial charge in [-0.05, 0) is 30.5 Å². The molecule has 1 atom stereocenters. The van der Waals surface area contributed by atoms with Gasteiger partial charge in [0.15, 0.2) is 5.96 Å². The van der Waals surface area contributed by atoms with Gasteiger partial charge in [-0.1, -0.05) is 12.1 Å².